The van der Waals surface area contributed by atoms with Gasteiger partial charge in [0.2, 0.25) is 0 Å². The highest BCUT2D eigenvalue weighted by Gasteiger charge is 2.09. The van der Waals surface area contributed by atoms with Crippen molar-refractivity contribution in [3.8, 4) is 5.88 Å². The summed E-state index contributed by atoms with van der Waals surface area (Å²) in [5, 5.41) is 12.1. The molecule has 0 aliphatic rings. The molecular weight excluding hydrogens is 307 g/mol. The highest BCUT2D eigenvalue weighted by Crippen LogP contribution is 2.30. The zero-order valence-electron chi connectivity index (χ0n) is 11.2. The summed E-state index contributed by atoms with van der Waals surface area (Å²) in [6.07, 6.45) is 1.63. The van der Waals surface area contributed by atoms with Crippen molar-refractivity contribution >= 4 is 46.0 Å². The van der Waals surface area contributed by atoms with Crippen LogP contribution in [0.15, 0.2) is 41.4 Å². The van der Waals surface area contributed by atoms with Crippen molar-refractivity contribution in [1.29, 1.82) is 0 Å². The van der Waals surface area contributed by atoms with Crippen LogP contribution in [0.4, 0.5) is 5.69 Å². The van der Waals surface area contributed by atoms with Crippen LogP contribution in [-0.2, 0) is 0 Å². The van der Waals surface area contributed by atoms with Crippen molar-refractivity contribution in [3.05, 3.63) is 57.6 Å². The molecule has 1 aromatic heterocycles. The van der Waals surface area contributed by atoms with E-state index in [-0.39, 0.29) is 5.88 Å². The van der Waals surface area contributed by atoms with E-state index in [9.17, 15) is 5.11 Å². The lowest BCUT2D eigenvalue weighted by atomic mass is 10.1. The first-order valence-electron chi connectivity index (χ1n) is 6.35. The predicted octanol–water partition coefficient (Wildman–Crippen LogP) is 5.24. The maximum Gasteiger partial charge on any atom is 0.198 e. The number of rotatable bonds is 2. The molecule has 5 heteroatoms. The number of hydrogen-bond acceptors (Lipinski definition) is 2. The molecule has 3 nitrogen and oxygen atoms in total. The summed E-state index contributed by atoms with van der Waals surface area (Å²) in [4.78, 5) is 7.30. The van der Waals surface area contributed by atoms with Crippen LogP contribution in [0.2, 0.25) is 10.0 Å². The zero-order chi connectivity index (χ0) is 15.0. The smallest absolute Gasteiger partial charge is 0.198 e. The first-order chi connectivity index (χ1) is 10.1. The second-order valence-corrected chi connectivity index (χ2v) is 5.56. The molecular formula is C16H12Cl2N2O. The third kappa shape index (κ3) is 2.62. The Morgan fingerprint density at radius 1 is 1.19 bits per heavy atom. The van der Waals surface area contributed by atoms with Crippen molar-refractivity contribution in [3.63, 3.8) is 0 Å². The number of fused-ring (bicyclic) bond motifs is 1. The van der Waals surface area contributed by atoms with Gasteiger partial charge in [0.25, 0.3) is 0 Å². The largest absolute Gasteiger partial charge is 0.494 e. The topological polar surface area (TPSA) is 48.4 Å². The van der Waals surface area contributed by atoms with E-state index in [1.807, 2.05) is 31.2 Å². The number of nitrogens with one attached hydrogen (secondary N) is 1. The van der Waals surface area contributed by atoms with Gasteiger partial charge in [0.15, 0.2) is 5.88 Å². The average Bonchev–Trinajstić information content (AvgIpc) is 2.75. The number of halogens is 2. The SMILES string of the molecule is Cc1c(Cl)cccc1N=Cc1c(O)[nH]c2cc(Cl)ccc12. The predicted molar refractivity (Wildman–Crippen MR) is 88.4 cm³/mol. The number of aromatic hydroxyl groups is 1. The molecule has 0 amide bonds. The number of hydrogen-bond donors (Lipinski definition) is 2. The molecule has 21 heavy (non-hydrogen) atoms. The lowest BCUT2D eigenvalue weighted by Gasteiger charge is -2.01. The normalized spacial score (nSPS) is 11.6. The van der Waals surface area contributed by atoms with E-state index >= 15 is 0 Å². The van der Waals surface area contributed by atoms with E-state index in [2.05, 4.69) is 9.98 Å². The fraction of sp³-hybridized carbons (Fsp3) is 0.0625. The Bertz CT molecular complexity index is 853. The lowest BCUT2D eigenvalue weighted by molar-refractivity contribution is 0.457. The summed E-state index contributed by atoms with van der Waals surface area (Å²) >= 11 is 12.0. The van der Waals surface area contributed by atoms with Crippen molar-refractivity contribution in [2.75, 3.05) is 0 Å². The van der Waals surface area contributed by atoms with E-state index in [0.717, 1.165) is 22.2 Å². The van der Waals surface area contributed by atoms with Gasteiger partial charge in [-0.2, -0.15) is 0 Å². The summed E-state index contributed by atoms with van der Waals surface area (Å²) in [6, 6.07) is 10.9. The second-order valence-electron chi connectivity index (χ2n) is 4.72. The van der Waals surface area contributed by atoms with E-state index < -0.39 is 0 Å². The third-order valence-corrected chi connectivity index (χ3v) is 4.00. The molecule has 2 N–H and O–H groups in total. The third-order valence-electron chi connectivity index (χ3n) is 3.35. The minimum Gasteiger partial charge on any atom is -0.494 e. The van der Waals surface area contributed by atoms with Crippen LogP contribution in [0.25, 0.3) is 10.9 Å². The standard InChI is InChI=1S/C16H12Cl2N2O/c1-9-13(18)3-2-4-14(9)19-8-12-11-6-5-10(17)7-15(11)20-16(12)21/h2-8,20-21H,1H3. The molecule has 0 radical (unpaired) electrons. The van der Waals surface area contributed by atoms with E-state index in [1.165, 1.54) is 0 Å². The van der Waals surface area contributed by atoms with Crippen molar-refractivity contribution < 1.29 is 5.11 Å². The summed E-state index contributed by atoms with van der Waals surface area (Å²) in [5.74, 6) is 0.0655. The fourth-order valence-electron chi connectivity index (χ4n) is 2.18. The quantitative estimate of drug-likeness (QED) is 0.624. The first kappa shape index (κ1) is 14.0. The Hall–Kier alpha value is -1.97. The Balaban J connectivity index is 2.07. The molecule has 0 spiro atoms. The van der Waals surface area contributed by atoms with Gasteiger partial charge in [-0.15, -0.1) is 0 Å². The van der Waals surface area contributed by atoms with Gasteiger partial charge in [0, 0.05) is 21.6 Å². The van der Waals surface area contributed by atoms with Crippen LogP contribution in [0.5, 0.6) is 5.88 Å². The molecule has 2 aromatic carbocycles. The summed E-state index contributed by atoms with van der Waals surface area (Å²) in [5.41, 5.74) is 3.06. The van der Waals surface area contributed by atoms with Gasteiger partial charge in [-0.3, -0.25) is 4.99 Å². The zero-order valence-corrected chi connectivity index (χ0v) is 12.7. The maximum atomic E-state index is 10.0. The van der Waals surface area contributed by atoms with Crippen LogP contribution in [0, 0.1) is 6.92 Å². The molecule has 0 fully saturated rings. The monoisotopic (exact) mass is 318 g/mol. The van der Waals surface area contributed by atoms with Crippen molar-refractivity contribution in [2.45, 2.75) is 6.92 Å². The molecule has 0 aliphatic carbocycles. The molecule has 0 saturated carbocycles. The number of aliphatic imine (C=N–C) groups is 1. The molecule has 0 atom stereocenters. The van der Waals surface area contributed by atoms with Gasteiger partial charge in [-0.05, 0) is 36.8 Å². The highest BCUT2D eigenvalue weighted by atomic mass is 35.5. The van der Waals surface area contributed by atoms with E-state index in [1.54, 1.807) is 18.3 Å². The summed E-state index contributed by atoms with van der Waals surface area (Å²) in [6.45, 7) is 1.91. The van der Waals surface area contributed by atoms with Crippen molar-refractivity contribution in [1.82, 2.24) is 4.98 Å². The van der Waals surface area contributed by atoms with Crippen LogP contribution >= 0.6 is 23.2 Å². The number of aromatic nitrogens is 1. The Kier molecular flexibility index (Phi) is 3.62. The maximum absolute atomic E-state index is 10.0. The average molecular weight is 319 g/mol. The molecule has 0 unspecified atom stereocenters. The number of benzene rings is 2. The molecule has 106 valence electrons. The van der Waals surface area contributed by atoms with Crippen LogP contribution in [-0.4, -0.2) is 16.3 Å². The number of aromatic amines is 1. The van der Waals surface area contributed by atoms with Gasteiger partial charge in [0.1, 0.15) is 0 Å². The van der Waals surface area contributed by atoms with Gasteiger partial charge in [-0.25, -0.2) is 0 Å². The molecule has 3 rings (SSSR count). The summed E-state index contributed by atoms with van der Waals surface area (Å²) in [7, 11) is 0. The molecule has 3 aromatic rings. The molecule has 0 bridgehead atoms. The lowest BCUT2D eigenvalue weighted by Crippen LogP contribution is -1.81. The highest BCUT2D eigenvalue weighted by molar-refractivity contribution is 6.32. The van der Waals surface area contributed by atoms with E-state index in [4.69, 9.17) is 23.2 Å². The minimum atomic E-state index is 0.0655. The molecule has 0 saturated heterocycles. The van der Waals surface area contributed by atoms with Gasteiger partial charge in [0.05, 0.1) is 16.8 Å². The van der Waals surface area contributed by atoms with Gasteiger partial charge in [-0.1, -0.05) is 35.3 Å². The first-order valence-corrected chi connectivity index (χ1v) is 7.11. The van der Waals surface area contributed by atoms with Gasteiger partial charge >= 0.3 is 0 Å². The van der Waals surface area contributed by atoms with Gasteiger partial charge < -0.3 is 10.1 Å². The Labute approximate surface area is 131 Å². The van der Waals surface area contributed by atoms with Crippen LogP contribution in [0.3, 0.4) is 0 Å². The number of nitrogens with zero attached hydrogens (tertiary/aromatic N) is 1. The Morgan fingerprint density at radius 2 is 2.00 bits per heavy atom. The molecule has 1 heterocycles. The molecule has 0 aliphatic heterocycles. The summed E-state index contributed by atoms with van der Waals surface area (Å²) < 4.78 is 0. The van der Waals surface area contributed by atoms with E-state index in [0.29, 0.717) is 15.6 Å². The second kappa shape index (κ2) is 5.43. The fourth-order valence-corrected chi connectivity index (χ4v) is 2.52. The minimum absolute atomic E-state index is 0.0655. The van der Waals surface area contributed by atoms with Crippen LogP contribution in [0.1, 0.15) is 11.1 Å². The Morgan fingerprint density at radius 3 is 2.81 bits per heavy atom. The van der Waals surface area contributed by atoms with Crippen molar-refractivity contribution in [2.24, 2.45) is 4.99 Å². The number of H-pyrrole nitrogens is 1. The van der Waals surface area contributed by atoms with Crippen LogP contribution < -0.4 is 0 Å².